The van der Waals surface area contributed by atoms with Crippen molar-refractivity contribution in [2.24, 2.45) is 7.05 Å². The lowest BCUT2D eigenvalue weighted by molar-refractivity contribution is 0.0712. The highest BCUT2D eigenvalue weighted by molar-refractivity contribution is 5.94. The van der Waals surface area contributed by atoms with Crippen LogP contribution in [-0.4, -0.2) is 38.1 Å². The Kier molecular flexibility index (Phi) is 5.33. The van der Waals surface area contributed by atoms with Gasteiger partial charge >= 0.3 is 0 Å². The standard InChI is InChI=1S/C22H27N3O2/c1-22(2,27)14-13-16-9-11-17(12-10-16)21(26)24(3)15-20-23-18-7-5-6-8-19(18)25(20)4/h5-12,27H,13-15H2,1-4H3. The molecule has 5 nitrogen and oxygen atoms in total. The average molecular weight is 365 g/mol. The zero-order valence-electron chi connectivity index (χ0n) is 16.4. The molecule has 5 heteroatoms. The van der Waals surface area contributed by atoms with Crippen LogP contribution in [-0.2, 0) is 20.0 Å². The van der Waals surface area contributed by atoms with Crippen molar-refractivity contribution in [3.05, 3.63) is 65.5 Å². The van der Waals surface area contributed by atoms with Crippen LogP contribution in [0.2, 0.25) is 0 Å². The highest BCUT2D eigenvalue weighted by Crippen LogP contribution is 2.17. The molecule has 1 aromatic heterocycles. The molecule has 27 heavy (non-hydrogen) atoms. The number of nitrogens with zero attached hydrogens (tertiary/aromatic N) is 3. The number of hydrogen-bond acceptors (Lipinski definition) is 3. The van der Waals surface area contributed by atoms with E-state index >= 15 is 0 Å². The molecule has 0 saturated heterocycles. The van der Waals surface area contributed by atoms with Crippen molar-refractivity contribution in [1.82, 2.24) is 14.5 Å². The van der Waals surface area contributed by atoms with Crippen molar-refractivity contribution in [2.75, 3.05) is 7.05 Å². The van der Waals surface area contributed by atoms with Gasteiger partial charge in [0.2, 0.25) is 0 Å². The summed E-state index contributed by atoms with van der Waals surface area (Å²) in [6, 6.07) is 15.6. The van der Waals surface area contributed by atoms with Crippen LogP contribution in [0.25, 0.3) is 11.0 Å². The number of aryl methyl sites for hydroxylation is 2. The van der Waals surface area contributed by atoms with E-state index in [1.807, 2.05) is 60.1 Å². The van der Waals surface area contributed by atoms with Crippen LogP contribution in [0.15, 0.2) is 48.5 Å². The monoisotopic (exact) mass is 365 g/mol. The number of hydrogen-bond donors (Lipinski definition) is 1. The Labute approximate surface area is 160 Å². The molecule has 1 heterocycles. The highest BCUT2D eigenvalue weighted by atomic mass is 16.3. The maximum atomic E-state index is 12.8. The van der Waals surface area contributed by atoms with Crippen LogP contribution in [0.1, 0.15) is 42.0 Å². The molecular weight excluding hydrogens is 338 g/mol. The molecule has 0 radical (unpaired) electrons. The van der Waals surface area contributed by atoms with Gasteiger partial charge < -0.3 is 14.6 Å². The Balaban J connectivity index is 1.68. The fourth-order valence-corrected chi connectivity index (χ4v) is 3.11. The van der Waals surface area contributed by atoms with Crippen molar-refractivity contribution in [2.45, 2.75) is 38.8 Å². The molecule has 0 spiro atoms. The first-order chi connectivity index (χ1) is 12.7. The van der Waals surface area contributed by atoms with E-state index in [2.05, 4.69) is 4.98 Å². The summed E-state index contributed by atoms with van der Waals surface area (Å²) in [5.41, 5.74) is 3.09. The van der Waals surface area contributed by atoms with E-state index < -0.39 is 5.60 Å². The minimum atomic E-state index is -0.680. The lowest BCUT2D eigenvalue weighted by atomic mass is 9.98. The van der Waals surface area contributed by atoms with E-state index in [0.717, 1.165) is 28.8 Å². The summed E-state index contributed by atoms with van der Waals surface area (Å²) in [6.07, 6.45) is 1.47. The van der Waals surface area contributed by atoms with Gasteiger partial charge in [0.25, 0.3) is 5.91 Å². The Morgan fingerprint density at radius 3 is 2.44 bits per heavy atom. The maximum absolute atomic E-state index is 12.8. The second kappa shape index (κ2) is 7.53. The average Bonchev–Trinajstić information content (AvgIpc) is 2.95. The molecule has 142 valence electrons. The van der Waals surface area contributed by atoms with Crippen LogP contribution in [0.3, 0.4) is 0 Å². The molecule has 2 aromatic carbocycles. The number of fused-ring (bicyclic) bond motifs is 1. The summed E-state index contributed by atoms with van der Waals surface area (Å²) in [5, 5.41) is 9.84. The molecule has 0 unspecified atom stereocenters. The number of rotatable bonds is 6. The first kappa shape index (κ1) is 19.1. The molecule has 0 aliphatic heterocycles. The van der Waals surface area contributed by atoms with Gasteiger partial charge in [0.15, 0.2) is 0 Å². The molecule has 0 aliphatic rings. The van der Waals surface area contributed by atoms with Crippen molar-refractivity contribution in [3.8, 4) is 0 Å². The van der Waals surface area contributed by atoms with Crippen LogP contribution in [0, 0.1) is 0 Å². The van der Waals surface area contributed by atoms with E-state index in [4.69, 9.17) is 0 Å². The van der Waals surface area contributed by atoms with Crippen LogP contribution >= 0.6 is 0 Å². The first-order valence-electron chi connectivity index (χ1n) is 9.22. The second-order valence-electron chi connectivity index (χ2n) is 7.75. The summed E-state index contributed by atoms with van der Waals surface area (Å²) in [7, 11) is 3.77. The molecule has 3 aromatic rings. The molecule has 0 bridgehead atoms. The van der Waals surface area contributed by atoms with Crippen LogP contribution in [0.5, 0.6) is 0 Å². The predicted molar refractivity (Wildman–Crippen MR) is 108 cm³/mol. The van der Waals surface area contributed by atoms with Gasteiger partial charge in [0, 0.05) is 19.7 Å². The molecule has 0 saturated carbocycles. The van der Waals surface area contributed by atoms with Crippen molar-refractivity contribution >= 4 is 16.9 Å². The van der Waals surface area contributed by atoms with E-state index in [-0.39, 0.29) is 5.91 Å². The molecular formula is C22H27N3O2. The van der Waals surface area contributed by atoms with Gasteiger partial charge in [-0.15, -0.1) is 0 Å². The van der Waals surface area contributed by atoms with E-state index in [1.54, 1.807) is 25.8 Å². The summed E-state index contributed by atoms with van der Waals surface area (Å²) in [4.78, 5) is 19.1. The van der Waals surface area contributed by atoms with Crippen molar-refractivity contribution < 1.29 is 9.90 Å². The minimum absolute atomic E-state index is 0.0314. The number of amides is 1. The molecule has 1 N–H and O–H groups in total. The SMILES string of the molecule is CN(Cc1nc2ccccc2n1C)C(=O)c1ccc(CCC(C)(C)O)cc1. The third-order valence-electron chi connectivity index (χ3n) is 4.83. The Morgan fingerprint density at radius 2 is 1.81 bits per heavy atom. The van der Waals surface area contributed by atoms with E-state index in [9.17, 15) is 9.90 Å². The lowest BCUT2D eigenvalue weighted by Crippen LogP contribution is -2.27. The smallest absolute Gasteiger partial charge is 0.254 e. The number of benzene rings is 2. The second-order valence-corrected chi connectivity index (χ2v) is 7.75. The normalized spacial score (nSPS) is 11.7. The summed E-state index contributed by atoms with van der Waals surface area (Å²) >= 11 is 0. The van der Waals surface area contributed by atoms with Crippen LogP contribution in [0.4, 0.5) is 0 Å². The highest BCUT2D eigenvalue weighted by Gasteiger charge is 2.16. The third kappa shape index (κ3) is 4.55. The fourth-order valence-electron chi connectivity index (χ4n) is 3.11. The summed E-state index contributed by atoms with van der Waals surface area (Å²) < 4.78 is 2.03. The van der Waals surface area contributed by atoms with Crippen LogP contribution < -0.4 is 0 Å². The van der Waals surface area contributed by atoms with Crippen molar-refractivity contribution in [3.63, 3.8) is 0 Å². The Hall–Kier alpha value is -2.66. The van der Waals surface area contributed by atoms with Gasteiger partial charge in [-0.1, -0.05) is 24.3 Å². The summed E-state index contributed by atoms with van der Waals surface area (Å²) in [6.45, 7) is 4.06. The van der Waals surface area contributed by atoms with E-state index in [1.165, 1.54) is 0 Å². The summed E-state index contributed by atoms with van der Waals surface area (Å²) in [5.74, 6) is 0.824. The topological polar surface area (TPSA) is 58.4 Å². The minimum Gasteiger partial charge on any atom is -0.390 e. The largest absolute Gasteiger partial charge is 0.390 e. The number of aliphatic hydroxyl groups is 1. The van der Waals surface area contributed by atoms with Gasteiger partial charge in [-0.2, -0.15) is 0 Å². The zero-order valence-corrected chi connectivity index (χ0v) is 16.4. The maximum Gasteiger partial charge on any atom is 0.254 e. The Morgan fingerprint density at radius 1 is 1.15 bits per heavy atom. The fraction of sp³-hybridized carbons (Fsp3) is 0.364. The molecule has 3 rings (SSSR count). The quantitative estimate of drug-likeness (QED) is 0.727. The van der Waals surface area contributed by atoms with Gasteiger partial charge in [0.1, 0.15) is 5.82 Å². The van der Waals surface area contributed by atoms with Gasteiger partial charge in [0.05, 0.1) is 23.2 Å². The third-order valence-corrected chi connectivity index (χ3v) is 4.83. The molecule has 0 atom stereocenters. The molecule has 0 fully saturated rings. The molecule has 1 amide bonds. The first-order valence-corrected chi connectivity index (χ1v) is 9.22. The van der Waals surface area contributed by atoms with Gasteiger partial charge in [-0.05, 0) is 56.5 Å². The number of imidazole rings is 1. The number of carbonyl (C=O) groups excluding carboxylic acids is 1. The lowest BCUT2D eigenvalue weighted by Gasteiger charge is -2.18. The van der Waals surface area contributed by atoms with Gasteiger partial charge in [-0.3, -0.25) is 4.79 Å². The number of aromatic nitrogens is 2. The Bertz CT molecular complexity index is 936. The number of para-hydroxylation sites is 2. The van der Waals surface area contributed by atoms with Gasteiger partial charge in [-0.25, -0.2) is 4.98 Å². The van der Waals surface area contributed by atoms with Crippen molar-refractivity contribution in [1.29, 1.82) is 0 Å². The zero-order chi connectivity index (χ0) is 19.6. The molecule has 0 aliphatic carbocycles. The predicted octanol–water partition coefficient (Wildman–Crippen LogP) is 3.55. The van der Waals surface area contributed by atoms with E-state index in [0.29, 0.717) is 18.5 Å². The number of carbonyl (C=O) groups is 1.